The van der Waals surface area contributed by atoms with E-state index in [1.165, 1.54) is 25.3 Å². The van der Waals surface area contributed by atoms with Crippen molar-refractivity contribution < 1.29 is 19.1 Å². The molecule has 0 bridgehead atoms. The number of ether oxygens (including phenoxy) is 2. The van der Waals surface area contributed by atoms with Crippen LogP contribution in [0.1, 0.15) is 59.8 Å². The van der Waals surface area contributed by atoms with E-state index in [1.807, 2.05) is 20.8 Å². The van der Waals surface area contributed by atoms with Crippen LogP contribution in [0.25, 0.3) is 0 Å². The molecule has 0 atom stereocenters. The van der Waals surface area contributed by atoms with Crippen LogP contribution in [-0.2, 0) is 19.1 Å². The van der Waals surface area contributed by atoms with Gasteiger partial charge in [0.05, 0.1) is 0 Å². The maximum Gasteiger partial charge on any atom is 0.333 e. The third kappa shape index (κ3) is 10.8. The van der Waals surface area contributed by atoms with Crippen molar-refractivity contribution in [3.8, 4) is 0 Å². The average Bonchev–Trinajstić information content (AvgIpc) is 2.38. The van der Waals surface area contributed by atoms with E-state index >= 15 is 0 Å². The van der Waals surface area contributed by atoms with Crippen molar-refractivity contribution >= 4 is 11.9 Å². The molecule has 0 aliphatic heterocycles. The first kappa shape index (κ1) is 19.4. The van der Waals surface area contributed by atoms with Gasteiger partial charge < -0.3 is 9.47 Å². The largest absolute Gasteiger partial charge is 0.459 e. The molecule has 1 rings (SSSR count). The third-order valence-corrected chi connectivity index (χ3v) is 2.75. The van der Waals surface area contributed by atoms with E-state index < -0.39 is 5.60 Å². The van der Waals surface area contributed by atoms with Gasteiger partial charge in [-0.3, -0.25) is 0 Å². The van der Waals surface area contributed by atoms with Gasteiger partial charge in [0.15, 0.2) is 0 Å². The Morgan fingerprint density at radius 1 is 1.14 bits per heavy atom. The van der Waals surface area contributed by atoms with Crippen LogP contribution in [0.2, 0.25) is 0 Å². The molecule has 1 aliphatic rings. The van der Waals surface area contributed by atoms with Crippen LogP contribution in [0.3, 0.4) is 0 Å². The normalized spacial score (nSPS) is 15.2. The van der Waals surface area contributed by atoms with Gasteiger partial charge in [-0.15, -0.1) is 0 Å². The predicted molar refractivity (Wildman–Crippen MR) is 83.8 cm³/mol. The highest BCUT2D eigenvalue weighted by atomic mass is 16.6. The number of hydrogen-bond donors (Lipinski definition) is 0. The van der Waals surface area contributed by atoms with Gasteiger partial charge in [0.1, 0.15) is 11.7 Å². The van der Waals surface area contributed by atoms with Crippen molar-refractivity contribution in [2.24, 2.45) is 0 Å². The van der Waals surface area contributed by atoms with Crippen LogP contribution in [0, 0.1) is 0 Å². The van der Waals surface area contributed by atoms with E-state index in [1.54, 1.807) is 6.92 Å². The first-order valence-electron chi connectivity index (χ1n) is 7.37. The van der Waals surface area contributed by atoms with Crippen molar-refractivity contribution in [1.82, 2.24) is 0 Å². The molecule has 0 unspecified atom stereocenters. The van der Waals surface area contributed by atoms with Gasteiger partial charge in [-0.1, -0.05) is 19.6 Å². The minimum Gasteiger partial charge on any atom is -0.459 e. The highest BCUT2D eigenvalue weighted by Gasteiger charge is 2.16. The standard InChI is InChI=1S/C9H14O2.C8H14O2/c1-2-9(10)11-8-6-4-3-5-7-8;1-6(2)7(9)10-8(3,4)5/h2,8H,1,3-7H2;1H2,2-5H3. The number of rotatable bonds is 3. The summed E-state index contributed by atoms with van der Waals surface area (Å²) in [5, 5.41) is 0. The number of esters is 2. The lowest BCUT2D eigenvalue weighted by molar-refractivity contribution is -0.149. The van der Waals surface area contributed by atoms with Crippen LogP contribution < -0.4 is 0 Å². The highest BCUT2D eigenvalue weighted by Crippen LogP contribution is 2.20. The smallest absolute Gasteiger partial charge is 0.333 e. The van der Waals surface area contributed by atoms with Crippen LogP contribution in [-0.4, -0.2) is 23.6 Å². The van der Waals surface area contributed by atoms with Crippen molar-refractivity contribution in [2.45, 2.75) is 71.5 Å². The first-order chi connectivity index (χ1) is 9.65. The summed E-state index contributed by atoms with van der Waals surface area (Å²) in [7, 11) is 0. The molecule has 0 aromatic rings. The lowest BCUT2D eigenvalue weighted by Crippen LogP contribution is -2.23. The molecule has 4 nitrogen and oxygen atoms in total. The number of hydrogen-bond acceptors (Lipinski definition) is 4. The Balaban J connectivity index is 0.000000384. The molecule has 0 N–H and O–H groups in total. The van der Waals surface area contributed by atoms with Crippen molar-refractivity contribution in [1.29, 1.82) is 0 Å². The molecule has 0 aromatic heterocycles. The van der Waals surface area contributed by atoms with Gasteiger partial charge in [-0.25, -0.2) is 9.59 Å². The average molecular weight is 296 g/mol. The Morgan fingerprint density at radius 2 is 1.67 bits per heavy atom. The third-order valence-electron chi connectivity index (χ3n) is 2.75. The van der Waals surface area contributed by atoms with Gasteiger partial charge >= 0.3 is 11.9 Å². The molecule has 4 heteroatoms. The molecular formula is C17H28O4. The fraction of sp³-hybridized carbons (Fsp3) is 0.647. The van der Waals surface area contributed by atoms with Crippen molar-refractivity contribution in [3.05, 3.63) is 24.8 Å². The Labute approximate surface area is 128 Å². The van der Waals surface area contributed by atoms with Crippen molar-refractivity contribution in [2.75, 3.05) is 0 Å². The zero-order chi connectivity index (χ0) is 16.5. The van der Waals surface area contributed by atoms with Crippen molar-refractivity contribution in [3.63, 3.8) is 0 Å². The summed E-state index contributed by atoms with van der Waals surface area (Å²) in [6.45, 7) is 13.9. The number of carbonyl (C=O) groups is 2. The summed E-state index contributed by atoms with van der Waals surface area (Å²) in [6.07, 6.45) is 7.11. The van der Waals surface area contributed by atoms with Crippen LogP contribution in [0.5, 0.6) is 0 Å². The highest BCUT2D eigenvalue weighted by molar-refractivity contribution is 5.87. The van der Waals surface area contributed by atoms with E-state index in [9.17, 15) is 9.59 Å². The Hall–Kier alpha value is -1.58. The molecule has 0 spiro atoms. The molecule has 0 heterocycles. The first-order valence-corrected chi connectivity index (χ1v) is 7.37. The molecular weight excluding hydrogens is 268 g/mol. The minimum atomic E-state index is -0.407. The Morgan fingerprint density at radius 3 is 2.00 bits per heavy atom. The summed E-state index contributed by atoms with van der Waals surface area (Å²) >= 11 is 0. The molecule has 1 fully saturated rings. The van der Waals surface area contributed by atoms with Crippen LogP contribution >= 0.6 is 0 Å². The van der Waals surface area contributed by atoms with Gasteiger partial charge in [0.2, 0.25) is 0 Å². The summed E-state index contributed by atoms with van der Waals surface area (Å²) in [5.41, 5.74) is 0.0330. The van der Waals surface area contributed by atoms with Crippen LogP contribution in [0.4, 0.5) is 0 Å². The van der Waals surface area contributed by atoms with Crippen LogP contribution in [0.15, 0.2) is 24.8 Å². The fourth-order valence-electron chi connectivity index (χ4n) is 1.76. The van der Waals surface area contributed by atoms with Gasteiger partial charge in [0.25, 0.3) is 0 Å². The molecule has 0 saturated heterocycles. The second-order valence-electron chi connectivity index (χ2n) is 6.18. The quantitative estimate of drug-likeness (QED) is 0.584. The SMILES string of the molecule is C=C(C)C(=O)OC(C)(C)C.C=CC(=O)OC1CCCCC1. The summed E-state index contributed by atoms with van der Waals surface area (Å²) in [5.74, 6) is -0.607. The lowest BCUT2D eigenvalue weighted by atomic mass is 9.98. The van der Waals surface area contributed by atoms with E-state index in [2.05, 4.69) is 13.2 Å². The number of carbonyl (C=O) groups excluding carboxylic acids is 2. The lowest BCUT2D eigenvalue weighted by Gasteiger charge is -2.20. The second-order valence-corrected chi connectivity index (χ2v) is 6.18. The van der Waals surface area contributed by atoms with Gasteiger partial charge in [0, 0.05) is 11.6 Å². The molecule has 0 radical (unpaired) electrons. The zero-order valence-corrected chi connectivity index (χ0v) is 13.7. The zero-order valence-electron chi connectivity index (χ0n) is 13.7. The fourth-order valence-corrected chi connectivity index (χ4v) is 1.76. The summed E-state index contributed by atoms with van der Waals surface area (Å²) < 4.78 is 10.0. The van der Waals surface area contributed by atoms with E-state index in [0.717, 1.165) is 12.8 Å². The van der Waals surface area contributed by atoms with Gasteiger partial charge in [-0.2, -0.15) is 0 Å². The Kier molecular flexibility index (Phi) is 8.67. The van der Waals surface area contributed by atoms with E-state index in [-0.39, 0.29) is 18.0 Å². The monoisotopic (exact) mass is 296 g/mol. The second kappa shape index (κ2) is 9.37. The molecule has 0 aromatic carbocycles. The topological polar surface area (TPSA) is 52.6 Å². The molecule has 21 heavy (non-hydrogen) atoms. The maximum absolute atomic E-state index is 10.8. The predicted octanol–water partition coefficient (Wildman–Crippen LogP) is 3.95. The molecule has 1 aliphatic carbocycles. The summed E-state index contributed by atoms with van der Waals surface area (Å²) in [6, 6.07) is 0. The van der Waals surface area contributed by atoms with E-state index in [4.69, 9.17) is 9.47 Å². The summed E-state index contributed by atoms with van der Waals surface area (Å²) in [4.78, 5) is 21.6. The molecule has 0 amide bonds. The van der Waals surface area contributed by atoms with Gasteiger partial charge in [-0.05, 0) is 53.4 Å². The van der Waals surface area contributed by atoms with E-state index in [0.29, 0.717) is 5.57 Å². The molecule has 120 valence electrons. The minimum absolute atomic E-state index is 0.161. The maximum atomic E-state index is 10.8. The molecule has 1 saturated carbocycles. The Bertz CT molecular complexity index is 371.